The second-order valence-corrected chi connectivity index (χ2v) is 5.49. The van der Waals surface area contributed by atoms with E-state index >= 15 is 0 Å². The van der Waals surface area contributed by atoms with Crippen LogP contribution in [0.4, 0.5) is 0 Å². The van der Waals surface area contributed by atoms with Gasteiger partial charge in [0, 0.05) is 25.2 Å². The summed E-state index contributed by atoms with van der Waals surface area (Å²) in [6, 6.07) is 9.55. The lowest BCUT2D eigenvalue weighted by Crippen LogP contribution is -2.31. The lowest BCUT2D eigenvalue weighted by Gasteiger charge is -2.09. The molecular weight excluding hydrogens is 292 g/mol. The summed E-state index contributed by atoms with van der Waals surface area (Å²) >= 11 is 0. The first-order valence-electron chi connectivity index (χ1n) is 7.71. The molecule has 1 heterocycles. The number of nitrogens with zero attached hydrogens (tertiary/aromatic N) is 3. The van der Waals surface area contributed by atoms with E-state index < -0.39 is 0 Å². The molecule has 0 bridgehead atoms. The standard InChI is InChI=1S/C17H24N4O2/c1-5-21-15(13-8-6-7-9-16(13)23-4)12-14(19-21)17(22)18-10-11-20(2)3/h6-9,12H,5,10-11H2,1-4H3,(H,18,22). The topological polar surface area (TPSA) is 59.4 Å². The van der Waals surface area contributed by atoms with Crippen LogP contribution in [0.5, 0.6) is 5.75 Å². The molecule has 1 aromatic carbocycles. The van der Waals surface area contributed by atoms with Gasteiger partial charge >= 0.3 is 0 Å². The van der Waals surface area contributed by atoms with E-state index in [4.69, 9.17) is 4.74 Å². The second kappa shape index (κ2) is 7.78. The van der Waals surface area contributed by atoms with Crippen LogP contribution in [0.2, 0.25) is 0 Å². The first-order valence-corrected chi connectivity index (χ1v) is 7.71. The van der Waals surface area contributed by atoms with E-state index in [0.29, 0.717) is 18.8 Å². The van der Waals surface area contributed by atoms with Crippen molar-refractivity contribution in [2.45, 2.75) is 13.5 Å². The highest BCUT2D eigenvalue weighted by Crippen LogP contribution is 2.30. The molecule has 2 aromatic rings. The third-order valence-corrected chi connectivity index (χ3v) is 3.54. The molecule has 124 valence electrons. The SMILES string of the molecule is CCn1nc(C(=O)NCCN(C)C)cc1-c1ccccc1OC. The zero-order valence-corrected chi connectivity index (χ0v) is 14.2. The molecule has 0 saturated heterocycles. The Labute approximate surface area is 137 Å². The number of hydrogen-bond donors (Lipinski definition) is 1. The van der Waals surface area contributed by atoms with Gasteiger partial charge in [-0.2, -0.15) is 5.10 Å². The molecule has 0 aliphatic heterocycles. The van der Waals surface area contributed by atoms with Gasteiger partial charge in [-0.15, -0.1) is 0 Å². The molecule has 0 aliphatic rings. The van der Waals surface area contributed by atoms with Crippen molar-refractivity contribution in [3.8, 4) is 17.0 Å². The van der Waals surface area contributed by atoms with E-state index in [2.05, 4.69) is 10.4 Å². The number of amides is 1. The van der Waals surface area contributed by atoms with Crippen LogP contribution >= 0.6 is 0 Å². The summed E-state index contributed by atoms with van der Waals surface area (Å²) in [6.45, 7) is 4.06. The summed E-state index contributed by atoms with van der Waals surface area (Å²) < 4.78 is 7.23. The lowest BCUT2D eigenvalue weighted by atomic mass is 10.1. The fourth-order valence-corrected chi connectivity index (χ4v) is 2.33. The monoisotopic (exact) mass is 316 g/mol. The molecule has 0 atom stereocenters. The van der Waals surface area contributed by atoms with Crippen molar-refractivity contribution in [3.05, 3.63) is 36.0 Å². The summed E-state index contributed by atoms with van der Waals surface area (Å²) in [5.41, 5.74) is 2.23. The molecule has 0 saturated carbocycles. The molecule has 0 radical (unpaired) electrons. The van der Waals surface area contributed by atoms with Crippen LogP contribution in [-0.2, 0) is 6.54 Å². The Morgan fingerprint density at radius 2 is 2.09 bits per heavy atom. The zero-order valence-electron chi connectivity index (χ0n) is 14.2. The molecule has 0 aliphatic carbocycles. The van der Waals surface area contributed by atoms with Gasteiger partial charge in [0.2, 0.25) is 0 Å². The Hall–Kier alpha value is -2.34. The third kappa shape index (κ3) is 4.10. The van der Waals surface area contributed by atoms with E-state index in [1.165, 1.54) is 0 Å². The van der Waals surface area contributed by atoms with Gasteiger partial charge in [0.05, 0.1) is 12.8 Å². The predicted molar refractivity (Wildman–Crippen MR) is 90.8 cm³/mol. The van der Waals surface area contributed by atoms with Crippen LogP contribution < -0.4 is 10.1 Å². The van der Waals surface area contributed by atoms with Gasteiger partial charge in [-0.25, -0.2) is 0 Å². The molecule has 6 heteroatoms. The largest absolute Gasteiger partial charge is 0.496 e. The molecule has 6 nitrogen and oxygen atoms in total. The molecule has 0 spiro atoms. The Morgan fingerprint density at radius 1 is 1.35 bits per heavy atom. The van der Waals surface area contributed by atoms with Crippen LogP contribution in [0.3, 0.4) is 0 Å². The zero-order chi connectivity index (χ0) is 16.8. The van der Waals surface area contributed by atoms with Gasteiger partial charge < -0.3 is 15.0 Å². The highest BCUT2D eigenvalue weighted by atomic mass is 16.5. The average Bonchev–Trinajstić information content (AvgIpc) is 2.98. The van der Waals surface area contributed by atoms with Gasteiger partial charge in [-0.1, -0.05) is 12.1 Å². The molecule has 2 rings (SSSR count). The number of hydrogen-bond acceptors (Lipinski definition) is 4. The first kappa shape index (κ1) is 17.0. The normalized spacial score (nSPS) is 10.8. The van der Waals surface area contributed by atoms with E-state index in [0.717, 1.165) is 23.6 Å². The molecule has 1 aromatic heterocycles. The fraction of sp³-hybridized carbons (Fsp3) is 0.412. The number of nitrogens with one attached hydrogen (secondary N) is 1. The van der Waals surface area contributed by atoms with Gasteiger partial charge in [-0.3, -0.25) is 9.48 Å². The van der Waals surface area contributed by atoms with Gasteiger partial charge in [-0.05, 0) is 39.2 Å². The van der Waals surface area contributed by atoms with E-state index in [1.807, 2.05) is 60.9 Å². The number of carbonyl (C=O) groups is 1. The summed E-state index contributed by atoms with van der Waals surface area (Å²) in [6.07, 6.45) is 0. The summed E-state index contributed by atoms with van der Waals surface area (Å²) in [5.74, 6) is 0.608. The quantitative estimate of drug-likeness (QED) is 0.847. The number of likely N-dealkylation sites (N-methyl/N-ethyl adjacent to an activating group) is 1. The molecule has 1 N–H and O–H groups in total. The second-order valence-electron chi connectivity index (χ2n) is 5.49. The van der Waals surface area contributed by atoms with Gasteiger partial charge in [0.25, 0.3) is 5.91 Å². The predicted octanol–water partition coefficient (Wildman–Crippen LogP) is 1.87. The van der Waals surface area contributed by atoms with E-state index in [1.54, 1.807) is 7.11 Å². The van der Waals surface area contributed by atoms with E-state index in [-0.39, 0.29) is 5.91 Å². The smallest absolute Gasteiger partial charge is 0.271 e. The number of benzene rings is 1. The van der Waals surface area contributed by atoms with Crippen molar-refractivity contribution in [1.29, 1.82) is 0 Å². The Kier molecular flexibility index (Phi) is 5.76. The van der Waals surface area contributed by atoms with Gasteiger partial charge in [0.1, 0.15) is 5.75 Å². The highest BCUT2D eigenvalue weighted by Gasteiger charge is 2.16. The number of methoxy groups -OCH3 is 1. The van der Waals surface area contributed by atoms with Gasteiger partial charge in [0.15, 0.2) is 5.69 Å². The van der Waals surface area contributed by atoms with Crippen molar-refractivity contribution in [2.75, 3.05) is 34.3 Å². The van der Waals surface area contributed by atoms with Crippen molar-refractivity contribution in [1.82, 2.24) is 20.0 Å². The number of aryl methyl sites for hydroxylation is 1. The molecular formula is C17H24N4O2. The summed E-state index contributed by atoms with van der Waals surface area (Å²) in [4.78, 5) is 14.3. The maximum Gasteiger partial charge on any atom is 0.271 e. The minimum atomic E-state index is -0.157. The van der Waals surface area contributed by atoms with Crippen molar-refractivity contribution in [2.24, 2.45) is 0 Å². The van der Waals surface area contributed by atoms with Crippen LogP contribution in [-0.4, -0.2) is 54.9 Å². The highest BCUT2D eigenvalue weighted by molar-refractivity contribution is 5.93. The Balaban J connectivity index is 2.25. The first-order chi connectivity index (χ1) is 11.1. The van der Waals surface area contributed by atoms with Crippen LogP contribution in [0, 0.1) is 0 Å². The molecule has 0 unspecified atom stereocenters. The minimum absolute atomic E-state index is 0.157. The number of rotatable bonds is 7. The number of para-hydroxylation sites is 1. The van der Waals surface area contributed by atoms with Crippen molar-refractivity contribution < 1.29 is 9.53 Å². The summed E-state index contributed by atoms with van der Waals surface area (Å²) in [5, 5.41) is 7.30. The maximum atomic E-state index is 12.3. The van der Waals surface area contributed by atoms with Crippen LogP contribution in [0.25, 0.3) is 11.3 Å². The molecule has 0 fully saturated rings. The summed E-state index contributed by atoms with van der Waals surface area (Å²) in [7, 11) is 5.58. The van der Waals surface area contributed by atoms with Crippen LogP contribution in [0.15, 0.2) is 30.3 Å². The minimum Gasteiger partial charge on any atom is -0.496 e. The maximum absolute atomic E-state index is 12.3. The Morgan fingerprint density at radius 3 is 2.74 bits per heavy atom. The van der Waals surface area contributed by atoms with Crippen molar-refractivity contribution in [3.63, 3.8) is 0 Å². The van der Waals surface area contributed by atoms with Crippen LogP contribution in [0.1, 0.15) is 17.4 Å². The lowest BCUT2D eigenvalue weighted by molar-refractivity contribution is 0.0945. The average molecular weight is 316 g/mol. The fourth-order valence-electron chi connectivity index (χ4n) is 2.33. The van der Waals surface area contributed by atoms with Crippen molar-refractivity contribution >= 4 is 5.91 Å². The molecule has 1 amide bonds. The number of aromatic nitrogens is 2. The number of carbonyl (C=O) groups excluding carboxylic acids is 1. The van der Waals surface area contributed by atoms with E-state index in [9.17, 15) is 4.79 Å². The number of ether oxygens (including phenoxy) is 1. The third-order valence-electron chi connectivity index (χ3n) is 3.54. The molecule has 23 heavy (non-hydrogen) atoms. The Bertz CT molecular complexity index is 664.